The first kappa shape index (κ1) is 16.7. The Morgan fingerprint density at radius 2 is 1.91 bits per heavy atom. The zero-order chi connectivity index (χ0) is 17.1. The lowest BCUT2D eigenvalue weighted by Crippen LogP contribution is -2.34. The predicted molar refractivity (Wildman–Crippen MR) is 86.4 cm³/mol. The third kappa shape index (κ3) is 3.59. The minimum Gasteiger partial charge on any atom is -0.477 e. The Balaban J connectivity index is 2.14. The van der Waals surface area contributed by atoms with E-state index >= 15 is 0 Å². The van der Waals surface area contributed by atoms with Crippen molar-refractivity contribution < 1.29 is 14.7 Å². The van der Waals surface area contributed by atoms with Crippen LogP contribution < -0.4 is 5.32 Å². The maximum absolute atomic E-state index is 12.4. The Morgan fingerprint density at radius 3 is 2.52 bits per heavy atom. The highest BCUT2D eigenvalue weighted by Gasteiger charge is 2.23. The van der Waals surface area contributed by atoms with Crippen LogP contribution in [0, 0.1) is 13.8 Å². The molecule has 0 saturated carbocycles. The van der Waals surface area contributed by atoms with Crippen molar-refractivity contribution in [3.63, 3.8) is 0 Å². The highest BCUT2D eigenvalue weighted by atomic mass is 16.4. The Kier molecular flexibility index (Phi) is 4.83. The summed E-state index contributed by atoms with van der Waals surface area (Å²) >= 11 is 0. The van der Waals surface area contributed by atoms with Crippen molar-refractivity contribution in [3.8, 4) is 0 Å². The van der Waals surface area contributed by atoms with Crippen molar-refractivity contribution in [1.29, 1.82) is 0 Å². The summed E-state index contributed by atoms with van der Waals surface area (Å²) in [6.07, 6.45) is 1.38. The number of hydrogen-bond donors (Lipinski definition) is 2. The fraction of sp³-hybridized carbons (Fsp3) is 0.353. The van der Waals surface area contributed by atoms with Crippen LogP contribution in [0.15, 0.2) is 30.5 Å². The van der Waals surface area contributed by atoms with Gasteiger partial charge in [0.1, 0.15) is 11.7 Å². The second kappa shape index (κ2) is 6.64. The van der Waals surface area contributed by atoms with Gasteiger partial charge in [0.25, 0.3) is 0 Å². The topological polar surface area (TPSA) is 84.2 Å². The average molecular weight is 315 g/mol. The Bertz CT molecular complexity index is 736. The van der Waals surface area contributed by atoms with E-state index in [1.54, 1.807) is 6.92 Å². The first-order valence-corrected chi connectivity index (χ1v) is 7.45. The molecule has 0 saturated heterocycles. The molecule has 0 aliphatic carbocycles. The fourth-order valence-corrected chi connectivity index (χ4v) is 2.63. The van der Waals surface area contributed by atoms with Gasteiger partial charge in [0.05, 0.1) is 6.04 Å². The van der Waals surface area contributed by atoms with E-state index in [4.69, 9.17) is 5.11 Å². The number of nitrogens with one attached hydrogen (secondary N) is 1. The summed E-state index contributed by atoms with van der Waals surface area (Å²) in [6, 6.07) is 6.57. The van der Waals surface area contributed by atoms with Gasteiger partial charge in [0.15, 0.2) is 0 Å². The highest BCUT2D eigenvalue weighted by molar-refractivity contribution is 5.87. The Morgan fingerprint density at radius 1 is 1.22 bits per heavy atom. The van der Waals surface area contributed by atoms with Crippen LogP contribution in [0.25, 0.3) is 0 Å². The molecule has 0 aliphatic heterocycles. The summed E-state index contributed by atoms with van der Waals surface area (Å²) in [6.45, 7) is 7.56. The zero-order valence-electron chi connectivity index (χ0n) is 13.7. The van der Waals surface area contributed by atoms with E-state index in [9.17, 15) is 9.59 Å². The molecule has 122 valence electrons. The molecule has 2 N–H and O–H groups in total. The van der Waals surface area contributed by atoms with E-state index in [1.165, 1.54) is 22.5 Å². The highest BCUT2D eigenvalue weighted by Crippen LogP contribution is 2.20. The van der Waals surface area contributed by atoms with Crippen molar-refractivity contribution in [2.24, 2.45) is 0 Å². The molecule has 1 amide bonds. The van der Waals surface area contributed by atoms with E-state index in [1.807, 2.05) is 32.9 Å². The van der Waals surface area contributed by atoms with E-state index in [0.29, 0.717) is 0 Å². The molecule has 2 atom stereocenters. The summed E-state index contributed by atoms with van der Waals surface area (Å²) < 4.78 is 1.21. The molecule has 6 heteroatoms. The third-order valence-electron chi connectivity index (χ3n) is 3.89. The van der Waals surface area contributed by atoms with E-state index in [0.717, 1.165) is 11.1 Å². The van der Waals surface area contributed by atoms with Gasteiger partial charge in [-0.05, 0) is 44.9 Å². The smallest absolute Gasteiger partial charge is 0.354 e. The van der Waals surface area contributed by atoms with Gasteiger partial charge in [-0.3, -0.25) is 4.79 Å². The first-order chi connectivity index (χ1) is 10.8. The number of carbonyl (C=O) groups excluding carboxylic acids is 1. The van der Waals surface area contributed by atoms with Crippen LogP contribution in [0.5, 0.6) is 0 Å². The molecule has 23 heavy (non-hydrogen) atoms. The molecular weight excluding hydrogens is 294 g/mol. The lowest BCUT2D eigenvalue weighted by molar-refractivity contribution is -0.124. The van der Waals surface area contributed by atoms with Gasteiger partial charge in [-0.15, -0.1) is 0 Å². The number of carboxylic acid groups (broad SMARTS) is 1. The average Bonchev–Trinajstić information content (AvgIpc) is 2.95. The van der Waals surface area contributed by atoms with Crippen LogP contribution in [-0.2, 0) is 4.79 Å². The number of carbonyl (C=O) groups is 2. The van der Waals surface area contributed by atoms with Crippen molar-refractivity contribution in [3.05, 3.63) is 52.8 Å². The number of rotatable bonds is 5. The molecule has 6 nitrogen and oxygen atoms in total. The molecule has 0 fully saturated rings. The van der Waals surface area contributed by atoms with Crippen LogP contribution in [-0.4, -0.2) is 26.8 Å². The summed E-state index contributed by atoms with van der Waals surface area (Å²) in [7, 11) is 0. The Hall–Kier alpha value is -2.63. The van der Waals surface area contributed by atoms with Gasteiger partial charge in [-0.2, -0.15) is 5.10 Å². The molecule has 0 bridgehead atoms. The number of nitrogens with zero attached hydrogens (tertiary/aromatic N) is 2. The van der Waals surface area contributed by atoms with Crippen LogP contribution in [0.2, 0.25) is 0 Å². The summed E-state index contributed by atoms with van der Waals surface area (Å²) in [5, 5.41) is 16.0. The molecule has 1 heterocycles. The maximum atomic E-state index is 12.4. The predicted octanol–water partition coefficient (Wildman–Crippen LogP) is 2.64. The molecular formula is C17H21N3O3. The minimum atomic E-state index is -1.11. The standard InChI is InChI=1S/C17H21N3O3/c1-10-5-6-14(11(2)9-10)12(3)19-16(21)13(4)20-15(17(22)23)7-8-18-20/h5-9,12-13H,1-4H3,(H,19,21)(H,22,23). The second-order valence-electron chi connectivity index (χ2n) is 5.73. The summed E-state index contributed by atoms with van der Waals surface area (Å²) in [4.78, 5) is 23.6. The summed E-state index contributed by atoms with van der Waals surface area (Å²) in [5.74, 6) is -1.38. The van der Waals surface area contributed by atoms with E-state index < -0.39 is 12.0 Å². The van der Waals surface area contributed by atoms with Crippen LogP contribution in [0.4, 0.5) is 0 Å². The number of aromatic carboxylic acids is 1. The van der Waals surface area contributed by atoms with Crippen LogP contribution in [0.3, 0.4) is 0 Å². The number of aryl methyl sites for hydroxylation is 2. The van der Waals surface area contributed by atoms with Crippen molar-refractivity contribution in [2.75, 3.05) is 0 Å². The van der Waals surface area contributed by atoms with Crippen molar-refractivity contribution in [2.45, 2.75) is 39.8 Å². The van der Waals surface area contributed by atoms with Crippen molar-refractivity contribution in [1.82, 2.24) is 15.1 Å². The monoisotopic (exact) mass is 315 g/mol. The quantitative estimate of drug-likeness (QED) is 0.888. The third-order valence-corrected chi connectivity index (χ3v) is 3.89. The lowest BCUT2D eigenvalue weighted by atomic mass is 10.00. The first-order valence-electron chi connectivity index (χ1n) is 7.45. The number of amides is 1. The molecule has 1 aromatic heterocycles. The molecule has 1 aromatic carbocycles. The number of hydrogen-bond acceptors (Lipinski definition) is 3. The molecule has 0 radical (unpaired) electrons. The zero-order valence-corrected chi connectivity index (χ0v) is 13.7. The van der Waals surface area contributed by atoms with Crippen LogP contribution >= 0.6 is 0 Å². The molecule has 2 rings (SSSR count). The van der Waals surface area contributed by atoms with E-state index in [2.05, 4.69) is 16.5 Å². The normalized spacial score (nSPS) is 13.4. The lowest BCUT2D eigenvalue weighted by Gasteiger charge is -2.20. The Labute approximate surface area is 135 Å². The number of carboxylic acids is 1. The van der Waals surface area contributed by atoms with Gasteiger partial charge in [-0.25, -0.2) is 9.48 Å². The van der Waals surface area contributed by atoms with Gasteiger partial charge >= 0.3 is 5.97 Å². The van der Waals surface area contributed by atoms with Crippen molar-refractivity contribution >= 4 is 11.9 Å². The SMILES string of the molecule is Cc1ccc(C(C)NC(=O)C(C)n2nccc2C(=O)O)c(C)c1. The van der Waals surface area contributed by atoms with E-state index in [-0.39, 0.29) is 17.6 Å². The minimum absolute atomic E-state index is 0.00757. The number of aromatic nitrogens is 2. The van der Waals surface area contributed by atoms with Gasteiger partial charge in [0.2, 0.25) is 5.91 Å². The largest absolute Gasteiger partial charge is 0.477 e. The second-order valence-corrected chi connectivity index (χ2v) is 5.73. The molecule has 0 spiro atoms. The number of benzene rings is 1. The van der Waals surface area contributed by atoms with Crippen LogP contribution in [0.1, 0.15) is 53.1 Å². The van der Waals surface area contributed by atoms with Gasteiger partial charge < -0.3 is 10.4 Å². The molecule has 2 aromatic rings. The molecule has 0 aliphatic rings. The maximum Gasteiger partial charge on any atom is 0.354 e. The van der Waals surface area contributed by atoms with Gasteiger partial charge in [0, 0.05) is 6.20 Å². The van der Waals surface area contributed by atoms with Gasteiger partial charge in [-0.1, -0.05) is 23.8 Å². The fourth-order valence-electron chi connectivity index (χ4n) is 2.63. The summed E-state index contributed by atoms with van der Waals surface area (Å²) in [5.41, 5.74) is 3.30. The molecule has 2 unspecified atom stereocenters.